The minimum absolute atomic E-state index is 1.17. The van der Waals surface area contributed by atoms with Crippen molar-refractivity contribution >= 4 is 43.4 Å². The molecule has 0 saturated heterocycles. The monoisotopic (exact) mass is 571 g/mol. The van der Waals surface area contributed by atoms with Crippen molar-refractivity contribution in [1.82, 2.24) is 4.57 Å². The zero-order valence-corrected chi connectivity index (χ0v) is 24.7. The molecule has 210 valence electrons. The van der Waals surface area contributed by atoms with Crippen LogP contribution < -0.4 is 0 Å². The van der Waals surface area contributed by atoms with E-state index in [1.807, 2.05) is 0 Å². The number of para-hydroxylation sites is 2. The van der Waals surface area contributed by atoms with Crippen LogP contribution in [0.1, 0.15) is 0 Å². The number of hydrogen-bond donors (Lipinski definition) is 0. The molecule has 1 heteroatoms. The molecule has 0 spiro atoms. The normalized spacial score (nSPS) is 11.6. The summed E-state index contributed by atoms with van der Waals surface area (Å²) in [6, 6.07) is 63.9. The number of benzene rings is 8. The molecule has 9 aromatic rings. The highest BCUT2D eigenvalue weighted by molar-refractivity contribution is 6.27. The maximum absolute atomic E-state index is 2.41. The van der Waals surface area contributed by atoms with E-state index in [0.29, 0.717) is 0 Å². The van der Waals surface area contributed by atoms with Crippen LogP contribution in [0.25, 0.3) is 82.4 Å². The topological polar surface area (TPSA) is 4.93 Å². The van der Waals surface area contributed by atoms with Crippen LogP contribution in [0.2, 0.25) is 0 Å². The Morgan fingerprint density at radius 3 is 1.38 bits per heavy atom. The van der Waals surface area contributed by atoms with Gasteiger partial charge in [0.1, 0.15) is 0 Å². The van der Waals surface area contributed by atoms with Crippen molar-refractivity contribution in [1.29, 1.82) is 0 Å². The Balaban J connectivity index is 1.43. The van der Waals surface area contributed by atoms with Crippen LogP contribution in [-0.2, 0) is 0 Å². The SMILES string of the molecule is c1ccc(-c2ccccc2-c2c3ccccc3c(-c3cccc4c3c3ccccc3n4-c3ccccc3)c3ccccc23)cc1. The Bertz CT molecular complexity index is 2460. The third kappa shape index (κ3) is 3.95. The lowest BCUT2D eigenvalue weighted by atomic mass is 9.83. The molecule has 0 amide bonds. The van der Waals surface area contributed by atoms with Gasteiger partial charge in [0.15, 0.2) is 0 Å². The maximum Gasteiger partial charge on any atom is 0.0547 e. The molecule has 9 rings (SSSR count). The van der Waals surface area contributed by atoms with Gasteiger partial charge in [0, 0.05) is 16.5 Å². The Hall–Kier alpha value is -5.92. The molecular weight excluding hydrogens is 542 g/mol. The standard InChI is InChI=1S/C44H29N/c1-3-16-30(17-4-1)32-20-7-8-21-33(32)42-34-22-9-11-24-36(34)43(37-25-12-10-23-35(37)42)39-27-15-29-41-44(39)38-26-13-14-28-40(38)45(41)31-18-5-2-6-19-31/h1-29H. The fourth-order valence-electron chi connectivity index (χ4n) is 7.36. The van der Waals surface area contributed by atoms with Crippen LogP contribution in [0.15, 0.2) is 176 Å². The van der Waals surface area contributed by atoms with Crippen LogP contribution in [-0.4, -0.2) is 4.57 Å². The van der Waals surface area contributed by atoms with Crippen molar-refractivity contribution in [3.63, 3.8) is 0 Å². The second-order valence-corrected chi connectivity index (χ2v) is 11.6. The second-order valence-electron chi connectivity index (χ2n) is 11.6. The third-order valence-electron chi connectivity index (χ3n) is 9.19. The summed E-state index contributed by atoms with van der Waals surface area (Å²) in [5.74, 6) is 0. The molecule has 0 saturated carbocycles. The summed E-state index contributed by atoms with van der Waals surface area (Å²) in [4.78, 5) is 0. The first-order chi connectivity index (χ1) is 22.4. The molecule has 0 aliphatic rings. The predicted molar refractivity (Wildman–Crippen MR) is 192 cm³/mol. The highest BCUT2D eigenvalue weighted by atomic mass is 15.0. The van der Waals surface area contributed by atoms with E-state index in [0.717, 1.165) is 0 Å². The molecule has 45 heavy (non-hydrogen) atoms. The van der Waals surface area contributed by atoms with Gasteiger partial charge < -0.3 is 4.57 Å². The zero-order chi connectivity index (χ0) is 29.7. The van der Waals surface area contributed by atoms with E-state index in [2.05, 4.69) is 180 Å². The lowest BCUT2D eigenvalue weighted by Gasteiger charge is -2.20. The van der Waals surface area contributed by atoms with Crippen molar-refractivity contribution in [3.05, 3.63) is 176 Å². The largest absolute Gasteiger partial charge is 0.309 e. The van der Waals surface area contributed by atoms with Gasteiger partial charge in [-0.2, -0.15) is 0 Å². The second kappa shape index (κ2) is 10.4. The van der Waals surface area contributed by atoms with Crippen LogP contribution in [0.4, 0.5) is 0 Å². The van der Waals surface area contributed by atoms with Gasteiger partial charge in [0.2, 0.25) is 0 Å². The summed E-state index contributed by atoms with van der Waals surface area (Å²) < 4.78 is 2.41. The summed E-state index contributed by atoms with van der Waals surface area (Å²) in [7, 11) is 0. The minimum Gasteiger partial charge on any atom is -0.309 e. The van der Waals surface area contributed by atoms with Crippen molar-refractivity contribution in [2.75, 3.05) is 0 Å². The Morgan fingerprint density at radius 1 is 0.289 bits per heavy atom. The van der Waals surface area contributed by atoms with E-state index < -0.39 is 0 Å². The van der Waals surface area contributed by atoms with E-state index in [-0.39, 0.29) is 0 Å². The highest BCUT2D eigenvalue weighted by Gasteiger charge is 2.22. The molecule has 0 N–H and O–H groups in total. The van der Waals surface area contributed by atoms with Gasteiger partial charge in [-0.05, 0) is 79.2 Å². The van der Waals surface area contributed by atoms with Gasteiger partial charge >= 0.3 is 0 Å². The average Bonchev–Trinajstić information content (AvgIpc) is 3.46. The first kappa shape index (κ1) is 25.6. The summed E-state index contributed by atoms with van der Waals surface area (Å²) in [5.41, 5.74) is 11.1. The average molecular weight is 572 g/mol. The zero-order valence-electron chi connectivity index (χ0n) is 24.7. The van der Waals surface area contributed by atoms with E-state index in [1.165, 1.54) is 82.4 Å². The molecule has 0 fully saturated rings. The summed E-state index contributed by atoms with van der Waals surface area (Å²) >= 11 is 0. The summed E-state index contributed by atoms with van der Waals surface area (Å²) in [5, 5.41) is 7.59. The molecule has 0 radical (unpaired) electrons. The molecule has 0 atom stereocenters. The molecule has 0 aliphatic heterocycles. The molecule has 1 aromatic heterocycles. The van der Waals surface area contributed by atoms with Crippen molar-refractivity contribution in [2.24, 2.45) is 0 Å². The van der Waals surface area contributed by atoms with Crippen LogP contribution in [0, 0.1) is 0 Å². The van der Waals surface area contributed by atoms with Gasteiger partial charge in [0.25, 0.3) is 0 Å². The number of hydrogen-bond acceptors (Lipinski definition) is 0. The third-order valence-corrected chi connectivity index (χ3v) is 9.19. The summed E-state index contributed by atoms with van der Waals surface area (Å²) in [6.07, 6.45) is 0. The first-order valence-corrected chi connectivity index (χ1v) is 15.5. The predicted octanol–water partition coefficient (Wildman–Crippen LogP) is 12.1. The molecule has 0 unspecified atom stereocenters. The number of rotatable bonds is 4. The van der Waals surface area contributed by atoms with Crippen LogP contribution in [0.5, 0.6) is 0 Å². The van der Waals surface area contributed by atoms with E-state index in [1.54, 1.807) is 0 Å². The van der Waals surface area contributed by atoms with Crippen LogP contribution in [0.3, 0.4) is 0 Å². The van der Waals surface area contributed by atoms with Crippen molar-refractivity contribution < 1.29 is 0 Å². The highest BCUT2D eigenvalue weighted by Crippen LogP contribution is 2.48. The van der Waals surface area contributed by atoms with Gasteiger partial charge in [-0.25, -0.2) is 0 Å². The fraction of sp³-hybridized carbons (Fsp3) is 0. The number of fused-ring (bicyclic) bond motifs is 5. The lowest BCUT2D eigenvalue weighted by Crippen LogP contribution is -1.94. The smallest absolute Gasteiger partial charge is 0.0547 e. The van der Waals surface area contributed by atoms with Gasteiger partial charge in [-0.3, -0.25) is 0 Å². The minimum atomic E-state index is 1.17. The van der Waals surface area contributed by atoms with Crippen molar-refractivity contribution in [3.8, 4) is 39.1 Å². The molecule has 1 nitrogen and oxygen atoms in total. The Morgan fingerprint density at radius 2 is 0.733 bits per heavy atom. The molecule has 0 bridgehead atoms. The lowest BCUT2D eigenvalue weighted by molar-refractivity contribution is 1.18. The maximum atomic E-state index is 2.41. The van der Waals surface area contributed by atoms with Crippen molar-refractivity contribution in [2.45, 2.75) is 0 Å². The molecule has 1 heterocycles. The van der Waals surface area contributed by atoms with Gasteiger partial charge in [-0.15, -0.1) is 0 Å². The van der Waals surface area contributed by atoms with Crippen LogP contribution >= 0.6 is 0 Å². The van der Waals surface area contributed by atoms with Gasteiger partial charge in [0.05, 0.1) is 11.0 Å². The van der Waals surface area contributed by atoms with Gasteiger partial charge in [-0.1, -0.05) is 152 Å². The molecular formula is C44H29N. The Kier molecular flexibility index (Phi) is 5.89. The van der Waals surface area contributed by atoms with E-state index >= 15 is 0 Å². The molecule has 8 aromatic carbocycles. The van der Waals surface area contributed by atoms with E-state index in [9.17, 15) is 0 Å². The number of nitrogens with zero attached hydrogens (tertiary/aromatic N) is 1. The molecule has 0 aliphatic carbocycles. The fourth-order valence-corrected chi connectivity index (χ4v) is 7.36. The van der Waals surface area contributed by atoms with E-state index in [4.69, 9.17) is 0 Å². The quantitative estimate of drug-likeness (QED) is 0.185. The first-order valence-electron chi connectivity index (χ1n) is 15.5. The summed E-state index contributed by atoms with van der Waals surface area (Å²) in [6.45, 7) is 0. The Labute approximate surface area is 262 Å². The number of aromatic nitrogens is 1.